The third-order valence-electron chi connectivity index (χ3n) is 4.15. The van der Waals surface area contributed by atoms with Crippen LogP contribution >= 0.6 is 12.2 Å². The molecule has 0 spiro atoms. The van der Waals surface area contributed by atoms with E-state index in [1.54, 1.807) is 11.8 Å². The highest BCUT2D eigenvalue weighted by Gasteiger charge is 2.10. The fourth-order valence-electron chi connectivity index (χ4n) is 2.84. The van der Waals surface area contributed by atoms with E-state index in [9.17, 15) is 0 Å². The lowest BCUT2D eigenvalue weighted by molar-refractivity contribution is 0.414. The number of aryl methyl sites for hydroxylation is 2. The number of nitrogens with one attached hydrogen (secondary N) is 1. The molecular weight excluding hydrogens is 334 g/mol. The SMILES string of the molecule is CCc1n[nH]c(=S)n1N=Cc1cc(C)n(-c2ccc(OC)cc2)c1C. The van der Waals surface area contributed by atoms with Crippen LogP contribution in [-0.4, -0.2) is 32.8 Å². The van der Waals surface area contributed by atoms with Crippen molar-refractivity contribution in [3.8, 4) is 11.4 Å². The summed E-state index contributed by atoms with van der Waals surface area (Å²) in [6, 6.07) is 10.1. The molecule has 1 N–H and O–H groups in total. The molecule has 0 aliphatic heterocycles. The molecule has 0 atom stereocenters. The summed E-state index contributed by atoms with van der Waals surface area (Å²) in [6.07, 6.45) is 2.59. The number of rotatable bonds is 5. The smallest absolute Gasteiger partial charge is 0.216 e. The maximum Gasteiger partial charge on any atom is 0.216 e. The van der Waals surface area contributed by atoms with E-state index in [2.05, 4.69) is 39.8 Å². The molecule has 0 saturated carbocycles. The van der Waals surface area contributed by atoms with Crippen molar-refractivity contribution in [3.05, 3.63) is 57.9 Å². The van der Waals surface area contributed by atoms with Gasteiger partial charge in [0, 0.05) is 29.1 Å². The Kier molecular flexibility index (Phi) is 4.85. The largest absolute Gasteiger partial charge is 0.497 e. The van der Waals surface area contributed by atoms with Gasteiger partial charge in [-0.1, -0.05) is 6.92 Å². The van der Waals surface area contributed by atoms with Crippen LogP contribution in [0.15, 0.2) is 35.4 Å². The number of aromatic amines is 1. The normalized spacial score (nSPS) is 11.4. The van der Waals surface area contributed by atoms with Gasteiger partial charge < -0.3 is 9.30 Å². The van der Waals surface area contributed by atoms with Gasteiger partial charge in [0.2, 0.25) is 4.77 Å². The molecule has 0 saturated heterocycles. The third kappa shape index (κ3) is 3.28. The Morgan fingerprint density at radius 2 is 2.00 bits per heavy atom. The van der Waals surface area contributed by atoms with Gasteiger partial charge in [0.25, 0.3) is 0 Å². The molecule has 0 bridgehead atoms. The summed E-state index contributed by atoms with van der Waals surface area (Å²) in [4.78, 5) is 0. The van der Waals surface area contributed by atoms with Crippen LogP contribution in [0.5, 0.6) is 5.75 Å². The Hall–Kier alpha value is -2.67. The van der Waals surface area contributed by atoms with Gasteiger partial charge in [-0.2, -0.15) is 14.9 Å². The number of hydrogen-bond acceptors (Lipinski definition) is 4. The van der Waals surface area contributed by atoms with Crippen molar-refractivity contribution >= 4 is 18.4 Å². The van der Waals surface area contributed by atoms with Gasteiger partial charge in [-0.25, -0.2) is 0 Å². The van der Waals surface area contributed by atoms with E-state index < -0.39 is 0 Å². The first kappa shape index (κ1) is 17.2. The standard InChI is InChI=1S/C18H21N5OS/c1-5-17-20-21-18(25)23(17)19-11-14-10-12(2)22(13(14)3)15-6-8-16(24-4)9-7-15/h6-11H,5H2,1-4H3,(H,21,25). The number of benzene rings is 1. The molecule has 0 unspecified atom stereocenters. The van der Waals surface area contributed by atoms with Crippen LogP contribution in [0, 0.1) is 18.6 Å². The van der Waals surface area contributed by atoms with Crippen LogP contribution in [0.4, 0.5) is 0 Å². The van der Waals surface area contributed by atoms with Gasteiger partial charge in [-0.3, -0.25) is 5.10 Å². The molecule has 7 heteroatoms. The van der Waals surface area contributed by atoms with Gasteiger partial charge >= 0.3 is 0 Å². The minimum atomic E-state index is 0.497. The quantitative estimate of drug-likeness (QED) is 0.559. The molecule has 3 rings (SSSR count). The zero-order valence-electron chi connectivity index (χ0n) is 14.8. The molecule has 0 amide bonds. The lowest BCUT2D eigenvalue weighted by atomic mass is 10.2. The predicted molar refractivity (Wildman–Crippen MR) is 102 cm³/mol. The molecule has 25 heavy (non-hydrogen) atoms. The first-order valence-corrected chi connectivity index (χ1v) is 8.50. The molecule has 0 radical (unpaired) electrons. The Balaban J connectivity index is 1.98. The highest BCUT2D eigenvalue weighted by molar-refractivity contribution is 7.71. The Morgan fingerprint density at radius 1 is 1.28 bits per heavy atom. The predicted octanol–water partition coefficient (Wildman–Crippen LogP) is 3.80. The third-order valence-corrected chi connectivity index (χ3v) is 4.41. The van der Waals surface area contributed by atoms with E-state index in [4.69, 9.17) is 17.0 Å². The monoisotopic (exact) mass is 355 g/mol. The van der Waals surface area contributed by atoms with Gasteiger partial charge in [0.15, 0.2) is 5.82 Å². The minimum absolute atomic E-state index is 0.497. The minimum Gasteiger partial charge on any atom is -0.497 e. The van der Waals surface area contributed by atoms with E-state index in [1.165, 1.54) is 0 Å². The molecule has 6 nitrogen and oxygen atoms in total. The molecule has 130 valence electrons. The summed E-state index contributed by atoms with van der Waals surface area (Å²) >= 11 is 5.23. The first-order chi connectivity index (χ1) is 12.0. The van der Waals surface area contributed by atoms with E-state index >= 15 is 0 Å². The maximum absolute atomic E-state index is 5.23. The number of ether oxygens (including phenoxy) is 1. The Bertz CT molecular complexity index is 963. The second kappa shape index (κ2) is 7.06. The maximum atomic E-state index is 5.23. The van der Waals surface area contributed by atoms with E-state index in [0.29, 0.717) is 4.77 Å². The van der Waals surface area contributed by atoms with Crippen molar-refractivity contribution in [2.75, 3.05) is 7.11 Å². The molecule has 0 aliphatic rings. The topological polar surface area (TPSA) is 60.1 Å². The second-order valence-corrected chi connectivity index (χ2v) is 6.10. The van der Waals surface area contributed by atoms with Crippen LogP contribution in [-0.2, 0) is 6.42 Å². The lowest BCUT2D eigenvalue weighted by Gasteiger charge is -2.10. The summed E-state index contributed by atoms with van der Waals surface area (Å²) in [6.45, 7) is 6.18. The van der Waals surface area contributed by atoms with E-state index in [-0.39, 0.29) is 0 Å². The summed E-state index contributed by atoms with van der Waals surface area (Å²) in [5.41, 5.74) is 4.37. The van der Waals surface area contributed by atoms with Crippen molar-refractivity contribution in [2.24, 2.45) is 5.10 Å². The number of aromatic nitrogens is 4. The van der Waals surface area contributed by atoms with Gasteiger partial charge in [0.1, 0.15) is 5.75 Å². The Morgan fingerprint density at radius 3 is 2.64 bits per heavy atom. The molecule has 0 fully saturated rings. The molecule has 2 aromatic heterocycles. The van der Waals surface area contributed by atoms with Crippen molar-refractivity contribution in [1.82, 2.24) is 19.4 Å². The number of nitrogens with zero attached hydrogens (tertiary/aromatic N) is 4. The fraction of sp³-hybridized carbons (Fsp3) is 0.278. The highest BCUT2D eigenvalue weighted by Crippen LogP contribution is 2.22. The zero-order valence-corrected chi connectivity index (χ0v) is 15.6. The summed E-state index contributed by atoms with van der Waals surface area (Å²) in [5, 5.41) is 11.5. The zero-order chi connectivity index (χ0) is 18.0. The second-order valence-electron chi connectivity index (χ2n) is 5.71. The summed E-state index contributed by atoms with van der Waals surface area (Å²) < 4.78 is 9.58. The first-order valence-electron chi connectivity index (χ1n) is 8.09. The van der Waals surface area contributed by atoms with Gasteiger partial charge in [-0.05, 0) is 56.4 Å². The van der Waals surface area contributed by atoms with Gasteiger partial charge in [0.05, 0.1) is 13.3 Å². The van der Waals surface area contributed by atoms with Crippen molar-refractivity contribution < 1.29 is 4.74 Å². The van der Waals surface area contributed by atoms with E-state index in [1.807, 2.05) is 37.4 Å². The lowest BCUT2D eigenvalue weighted by Crippen LogP contribution is -2.00. The van der Waals surface area contributed by atoms with Crippen molar-refractivity contribution in [3.63, 3.8) is 0 Å². The molecule has 2 heterocycles. The van der Waals surface area contributed by atoms with Gasteiger partial charge in [-0.15, -0.1) is 0 Å². The molecule has 0 aliphatic carbocycles. The number of hydrogen-bond donors (Lipinski definition) is 1. The molecule has 1 aromatic carbocycles. The molecular formula is C18H21N5OS. The Labute approximate surface area is 151 Å². The van der Waals surface area contributed by atoms with E-state index in [0.717, 1.165) is 40.6 Å². The number of methoxy groups -OCH3 is 1. The summed E-state index contributed by atoms with van der Waals surface area (Å²) in [7, 11) is 1.67. The van der Waals surface area contributed by atoms with Crippen molar-refractivity contribution in [1.29, 1.82) is 0 Å². The van der Waals surface area contributed by atoms with Crippen LogP contribution in [0.3, 0.4) is 0 Å². The van der Waals surface area contributed by atoms with Crippen LogP contribution in [0.1, 0.15) is 29.7 Å². The highest BCUT2D eigenvalue weighted by atomic mass is 32.1. The van der Waals surface area contributed by atoms with Crippen LogP contribution in [0.2, 0.25) is 0 Å². The van der Waals surface area contributed by atoms with Crippen molar-refractivity contribution in [2.45, 2.75) is 27.2 Å². The number of H-pyrrole nitrogens is 1. The average molecular weight is 355 g/mol. The fourth-order valence-corrected chi connectivity index (χ4v) is 3.04. The summed E-state index contributed by atoms with van der Waals surface area (Å²) in [5.74, 6) is 1.65. The molecule has 3 aromatic rings. The van der Waals surface area contributed by atoms with Crippen LogP contribution < -0.4 is 4.74 Å². The van der Waals surface area contributed by atoms with Crippen LogP contribution in [0.25, 0.3) is 5.69 Å². The average Bonchev–Trinajstić information content (AvgIpc) is 3.12.